The molecule has 1 aliphatic rings. The molecule has 1 aliphatic heterocycles. The van der Waals surface area contributed by atoms with Crippen LogP contribution in [0.5, 0.6) is 0 Å². The van der Waals surface area contributed by atoms with Crippen molar-refractivity contribution in [1.29, 1.82) is 0 Å². The van der Waals surface area contributed by atoms with Crippen LogP contribution >= 0.6 is 11.3 Å². The summed E-state index contributed by atoms with van der Waals surface area (Å²) in [7, 11) is 0. The second kappa shape index (κ2) is 7.90. The minimum absolute atomic E-state index is 0.0157. The van der Waals surface area contributed by atoms with E-state index in [0.29, 0.717) is 6.54 Å². The molecule has 128 valence electrons. The summed E-state index contributed by atoms with van der Waals surface area (Å²) in [6.07, 6.45) is 3.56. The zero-order valence-corrected chi connectivity index (χ0v) is 15.3. The van der Waals surface area contributed by atoms with E-state index in [2.05, 4.69) is 46.4 Å². The van der Waals surface area contributed by atoms with Crippen LogP contribution in [-0.2, 0) is 13.0 Å². The van der Waals surface area contributed by atoms with E-state index in [9.17, 15) is 4.79 Å². The smallest absolute Gasteiger partial charge is 0.263 e. The van der Waals surface area contributed by atoms with E-state index in [1.165, 1.54) is 42.8 Å². The van der Waals surface area contributed by atoms with E-state index >= 15 is 0 Å². The van der Waals surface area contributed by atoms with Crippen LogP contribution in [-0.4, -0.2) is 35.4 Å². The Labute approximate surface area is 147 Å². The molecule has 0 atom stereocenters. The molecule has 1 aromatic heterocycles. The Bertz CT molecular complexity index is 687. The van der Waals surface area contributed by atoms with Gasteiger partial charge in [0.15, 0.2) is 0 Å². The summed E-state index contributed by atoms with van der Waals surface area (Å²) in [5, 5.41) is 4.08. The fourth-order valence-electron chi connectivity index (χ4n) is 3.00. The highest BCUT2D eigenvalue weighted by atomic mass is 32.1. The van der Waals surface area contributed by atoms with Crippen LogP contribution < -0.4 is 5.32 Å². The Morgan fingerprint density at radius 2 is 1.92 bits per heavy atom. The van der Waals surface area contributed by atoms with Crippen molar-refractivity contribution in [1.82, 2.24) is 15.2 Å². The van der Waals surface area contributed by atoms with Crippen molar-refractivity contribution in [3.8, 4) is 0 Å². The number of amides is 1. The van der Waals surface area contributed by atoms with Crippen molar-refractivity contribution >= 4 is 17.2 Å². The topological polar surface area (TPSA) is 45.2 Å². The zero-order valence-electron chi connectivity index (χ0n) is 14.5. The van der Waals surface area contributed by atoms with Gasteiger partial charge in [0, 0.05) is 19.5 Å². The Morgan fingerprint density at radius 1 is 1.21 bits per heavy atom. The van der Waals surface area contributed by atoms with Crippen molar-refractivity contribution in [2.24, 2.45) is 0 Å². The highest BCUT2D eigenvalue weighted by Crippen LogP contribution is 2.19. The van der Waals surface area contributed by atoms with Crippen molar-refractivity contribution in [2.75, 3.05) is 19.6 Å². The zero-order chi connectivity index (χ0) is 16.9. The lowest BCUT2D eigenvalue weighted by Gasteiger charge is -2.12. The van der Waals surface area contributed by atoms with Gasteiger partial charge in [-0.15, -0.1) is 11.3 Å². The minimum atomic E-state index is -0.0157. The van der Waals surface area contributed by atoms with Gasteiger partial charge in [-0.1, -0.05) is 29.8 Å². The first-order chi connectivity index (χ1) is 11.6. The molecule has 4 nitrogen and oxygen atoms in total. The number of nitrogens with one attached hydrogen (secondary N) is 1. The van der Waals surface area contributed by atoms with E-state index in [-0.39, 0.29) is 5.91 Å². The molecular weight excluding hydrogens is 318 g/mol. The van der Waals surface area contributed by atoms with Gasteiger partial charge in [-0.3, -0.25) is 4.79 Å². The minimum Gasteiger partial charge on any atom is -0.347 e. The maximum atomic E-state index is 12.4. The second-order valence-corrected chi connectivity index (χ2v) is 7.57. The standard InChI is InChI=1S/C19H25N3OS/c1-14-5-7-16(8-6-14)13-20-19(23)18-15(2)21-17(24-18)9-12-22-10-3-4-11-22/h5-8H,3-4,9-13H2,1-2H3,(H,20,23). The Balaban J connectivity index is 1.55. The summed E-state index contributed by atoms with van der Waals surface area (Å²) in [4.78, 5) is 20.2. The number of carbonyl (C=O) groups is 1. The average molecular weight is 343 g/mol. The number of aryl methyl sites for hydroxylation is 2. The second-order valence-electron chi connectivity index (χ2n) is 6.49. The molecule has 1 saturated heterocycles. The van der Waals surface area contributed by atoms with Crippen LogP contribution in [0.2, 0.25) is 0 Å². The summed E-state index contributed by atoms with van der Waals surface area (Å²) in [6.45, 7) is 8.00. The van der Waals surface area contributed by atoms with Crippen LogP contribution in [0.1, 0.15) is 44.3 Å². The van der Waals surface area contributed by atoms with Gasteiger partial charge >= 0.3 is 0 Å². The summed E-state index contributed by atoms with van der Waals surface area (Å²) < 4.78 is 0. The van der Waals surface area contributed by atoms with E-state index in [4.69, 9.17) is 0 Å². The van der Waals surface area contributed by atoms with E-state index in [1.54, 1.807) is 0 Å². The molecule has 1 aromatic carbocycles. The van der Waals surface area contributed by atoms with Gasteiger partial charge in [-0.2, -0.15) is 0 Å². The molecule has 24 heavy (non-hydrogen) atoms. The highest BCUT2D eigenvalue weighted by Gasteiger charge is 2.17. The SMILES string of the molecule is Cc1ccc(CNC(=O)c2sc(CCN3CCCC3)nc2C)cc1. The van der Waals surface area contributed by atoms with Gasteiger partial charge in [0.05, 0.1) is 10.7 Å². The summed E-state index contributed by atoms with van der Waals surface area (Å²) >= 11 is 1.54. The first-order valence-electron chi connectivity index (χ1n) is 8.64. The summed E-state index contributed by atoms with van der Waals surface area (Å²) in [5.74, 6) is -0.0157. The lowest BCUT2D eigenvalue weighted by Crippen LogP contribution is -2.22. The van der Waals surface area contributed by atoms with Gasteiger partial charge < -0.3 is 10.2 Å². The van der Waals surface area contributed by atoms with Crippen LogP contribution in [0, 0.1) is 13.8 Å². The van der Waals surface area contributed by atoms with E-state index in [1.807, 2.05) is 6.92 Å². The maximum Gasteiger partial charge on any atom is 0.263 e. The van der Waals surface area contributed by atoms with Crippen molar-refractivity contribution in [3.05, 3.63) is 51.0 Å². The summed E-state index contributed by atoms with van der Waals surface area (Å²) in [5.41, 5.74) is 3.19. The molecule has 0 radical (unpaired) electrons. The van der Waals surface area contributed by atoms with E-state index in [0.717, 1.165) is 34.1 Å². The largest absolute Gasteiger partial charge is 0.347 e. The number of carbonyl (C=O) groups excluding carboxylic acids is 1. The lowest BCUT2D eigenvalue weighted by molar-refractivity contribution is 0.0954. The number of nitrogens with zero attached hydrogens (tertiary/aromatic N) is 2. The predicted octanol–water partition coefficient (Wildman–Crippen LogP) is 3.33. The number of thiazole rings is 1. The molecule has 0 saturated carbocycles. The molecule has 0 bridgehead atoms. The van der Waals surface area contributed by atoms with Gasteiger partial charge in [-0.05, 0) is 45.3 Å². The van der Waals surface area contributed by atoms with Crippen molar-refractivity contribution < 1.29 is 4.79 Å². The van der Waals surface area contributed by atoms with Gasteiger partial charge in [-0.25, -0.2) is 4.98 Å². The molecule has 5 heteroatoms. The lowest BCUT2D eigenvalue weighted by atomic mass is 10.1. The average Bonchev–Trinajstić information content (AvgIpc) is 3.21. The third kappa shape index (κ3) is 4.42. The number of aromatic nitrogens is 1. The van der Waals surface area contributed by atoms with Crippen LogP contribution in [0.25, 0.3) is 0 Å². The predicted molar refractivity (Wildman–Crippen MR) is 98.6 cm³/mol. The number of hydrogen-bond donors (Lipinski definition) is 1. The molecule has 1 fully saturated rings. The van der Waals surface area contributed by atoms with Crippen LogP contribution in [0.3, 0.4) is 0 Å². The molecule has 2 aromatic rings. The first kappa shape index (κ1) is 17.1. The van der Waals surface area contributed by atoms with E-state index < -0.39 is 0 Å². The number of rotatable bonds is 6. The Hall–Kier alpha value is -1.72. The normalized spacial score (nSPS) is 14.9. The molecular formula is C19H25N3OS. The van der Waals surface area contributed by atoms with Crippen LogP contribution in [0.15, 0.2) is 24.3 Å². The van der Waals surface area contributed by atoms with Crippen LogP contribution in [0.4, 0.5) is 0 Å². The molecule has 1 N–H and O–H groups in total. The number of hydrogen-bond acceptors (Lipinski definition) is 4. The highest BCUT2D eigenvalue weighted by molar-refractivity contribution is 7.13. The van der Waals surface area contributed by atoms with Gasteiger partial charge in [0.25, 0.3) is 5.91 Å². The molecule has 2 heterocycles. The molecule has 0 unspecified atom stereocenters. The molecule has 0 spiro atoms. The van der Waals surface area contributed by atoms with Gasteiger partial charge in [0.2, 0.25) is 0 Å². The number of likely N-dealkylation sites (tertiary alicyclic amines) is 1. The van der Waals surface area contributed by atoms with Crippen molar-refractivity contribution in [2.45, 2.75) is 39.7 Å². The Kier molecular flexibility index (Phi) is 5.63. The fourth-order valence-corrected chi connectivity index (χ4v) is 3.97. The summed E-state index contributed by atoms with van der Waals surface area (Å²) in [6, 6.07) is 8.24. The Morgan fingerprint density at radius 3 is 2.62 bits per heavy atom. The van der Waals surface area contributed by atoms with Gasteiger partial charge in [0.1, 0.15) is 4.88 Å². The maximum absolute atomic E-state index is 12.4. The molecule has 3 rings (SSSR count). The third-order valence-corrected chi connectivity index (χ3v) is 5.68. The quantitative estimate of drug-likeness (QED) is 0.875. The van der Waals surface area contributed by atoms with Crippen molar-refractivity contribution in [3.63, 3.8) is 0 Å². The first-order valence-corrected chi connectivity index (χ1v) is 9.46. The fraction of sp³-hybridized carbons (Fsp3) is 0.474. The molecule has 0 aliphatic carbocycles. The molecule has 1 amide bonds. The monoisotopic (exact) mass is 343 g/mol. The third-order valence-electron chi connectivity index (χ3n) is 4.46. The number of benzene rings is 1.